The molecule has 0 bridgehead atoms. The second-order valence-corrected chi connectivity index (χ2v) is 2.44. The van der Waals surface area contributed by atoms with Crippen molar-refractivity contribution in [2.45, 2.75) is 0 Å². The lowest BCUT2D eigenvalue weighted by molar-refractivity contribution is -0.801. The fraction of sp³-hybridized carbons (Fsp3) is 0.400. The van der Waals surface area contributed by atoms with Gasteiger partial charge in [-0.2, -0.15) is 4.99 Å². The van der Waals surface area contributed by atoms with Gasteiger partial charge in [-0.1, -0.05) is 5.10 Å². The van der Waals surface area contributed by atoms with E-state index in [1.165, 1.54) is 6.34 Å². The van der Waals surface area contributed by atoms with Crippen molar-refractivity contribution in [1.82, 2.24) is 0 Å². The number of amides is 1. The quantitative estimate of drug-likeness (QED) is 0.463. The number of nitrogens with two attached hydrogens (primary N) is 1. The van der Waals surface area contributed by atoms with Gasteiger partial charge in [0.1, 0.15) is 0 Å². The molecule has 1 heterocycles. The van der Waals surface area contributed by atoms with E-state index in [0.29, 0.717) is 0 Å². The first kappa shape index (κ1) is 6.88. The lowest BCUT2D eigenvalue weighted by Gasteiger charge is -2.15. The third-order valence-corrected chi connectivity index (χ3v) is 1.26. The number of nitrogens with zero attached hydrogens (tertiary/aromatic N) is 3. The molecule has 0 radical (unpaired) electrons. The number of primary amides is 1. The van der Waals surface area contributed by atoms with Crippen LogP contribution >= 0.6 is 0 Å². The average molecular weight is 141 g/mol. The molecule has 10 heavy (non-hydrogen) atoms. The maximum absolute atomic E-state index is 10.6. The zero-order valence-electron chi connectivity index (χ0n) is 5.90. The van der Waals surface area contributed by atoms with Crippen molar-refractivity contribution in [2.75, 3.05) is 14.1 Å². The third kappa shape index (κ3) is 0.906. The van der Waals surface area contributed by atoms with Crippen LogP contribution in [0.25, 0.3) is 0 Å². The zero-order chi connectivity index (χ0) is 7.78. The van der Waals surface area contributed by atoms with Gasteiger partial charge in [0.2, 0.25) is 0 Å². The van der Waals surface area contributed by atoms with Crippen LogP contribution in [-0.4, -0.2) is 36.8 Å². The molecule has 0 spiro atoms. The summed E-state index contributed by atoms with van der Waals surface area (Å²) in [6.45, 7) is 0. The molecule has 0 fully saturated rings. The smallest absolute Gasteiger partial charge is 0.326 e. The molecule has 5 heteroatoms. The molecule has 5 nitrogen and oxygen atoms in total. The number of aliphatic imine (C=N–C) groups is 1. The van der Waals surface area contributed by atoms with Crippen LogP contribution in [0.4, 0.5) is 0 Å². The van der Waals surface area contributed by atoms with Crippen molar-refractivity contribution in [3.8, 4) is 0 Å². The summed E-state index contributed by atoms with van der Waals surface area (Å²) < 4.78 is 0.0926. The topological polar surface area (TPSA) is 67.8 Å². The van der Waals surface area contributed by atoms with Gasteiger partial charge < -0.3 is 5.73 Å². The second-order valence-electron chi connectivity index (χ2n) is 2.44. The van der Waals surface area contributed by atoms with Crippen LogP contribution in [0.1, 0.15) is 0 Å². The van der Waals surface area contributed by atoms with Gasteiger partial charge in [-0.15, -0.1) is 4.59 Å². The maximum Gasteiger partial charge on any atom is 0.326 e. The van der Waals surface area contributed by atoms with Gasteiger partial charge in [-0.25, -0.2) is 0 Å². The molecule has 0 saturated heterocycles. The Balaban J connectivity index is 2.93. The monoisotopic (exact) mass is 141 g/mol. The molecule has 0 aromatic rings. The van der Waals surface area contributed by atoms with Gasteiger partial charge in [0.25, 0.3) is 0 Å². The number of carbonyl (C=O) groups is 1. The fourth-order valence-corrected chi connectivity index (χ4v) is 0.739. The van der Waals surface area contributed by atoms with Crippen LogP contribution in [0, 0.1) is 0 Å². The Labute approximate surface area is 58.4 Å². The highest BCUT2D eigenvalue weighted by atomic mass is 16.1. The maximum atomic E-state index is 10.6. The summed E-state index contributed by atoms with van der Waals surface area (Å²) >= 11 is 0. The van der Waals surface area contributed by atoms with Crippen molar-refractivity contribution in [2.24, 2.45) is 15.8 Å². The Kier molecular flexibility index (Phi) is 1.29. The van der Waals surface area contributed by atoms with Crippen LogP contribution < -0.4 is 5.73 Å². The van der Waals surface area contributed by atoms with Crippen molar-refractivity contribution in [3.63, 3.8) is 0 Å². The Hall–Kier alpha value is -1.23. The number of quaternary nitrogens is 1. The van der Waals surface area contributed by atoms with Crippen molar-refractivity contribution < 1.29 is 9.39 Å². The molecule has 1 aliphatic heterocycles. The van der Waals surface area contributed by atoms with Gasteiger partial charge in [-0.3, -0.25) is 4.79 Å². The highest BCUT2D eigenvalue weighted by Gasteiger charge is 2.32. The number of hydrogen-bond acceptors (Lipinski definition) is 3. The van der Waals surface area contributed by atoms with E-state index in [9.17, 15) is 4.79 Å². The SMILES string of the molecule is C[N+]1(C)N=CN=C1C(N)=O. The molecule has 0 aliphatic carbocycles. The number of amidine groups is 1. The Bertz CT molecular complexity index is 228. The predicted molar refractivity (Wildman–Crippen MR) is 37.2 cm³/mol. The van der Waals surface area contributed by atoms with Gasteiger partial charge in [0.05, 0.1) is 14.1 Å². The number of rotatable bonds is 1. The molecule has 2 N–H and O–H groups in total. The Morgan fingerprint density at radius 2 is 2.30 bits per heavy atom. The van der Waals surface area contributed by atoms with Crippen molar-refractivity contribution >= 4 is 18.1 Å². The van der Waals surface area contributed by atoms with Gasteiger partial charge in [0, 0.05) is 0 Å². The lowest BCUT2D eigenvalue weighted by Crippen LogP contribution is -2.45. The molecule has 0 saturated carbocycles. The van der Waals surface area contributed by atoms with Crippen LogP contribution in [-0.2, 0) is 4.79 Å². The average Bonchev–Trinajstić information content (AvgIpc) is 2.08. The first-order valence-electron chi connectivity index (χ1n) is 2.80. The zero-order valence-corrected chi connectivity index (χ0v) is 5.90. The molecular weight excluding hydrogens is 132 g/mol. The van der Waals surface area contributed by atoms with Crippen LogP contribution in [0.3, 0.4) is 0 Å². The highest BCUT2D eigenvalue weighted by Crippen LogP contribution is 2.05. The third-order valence-electron chi connectivity index (χ3n) is 1.26. The first-order valence-corrected chi connectivity index (χ1v) is 2.80. The summed E-state index contributed by atoms with van der Waals surface area (Å²) in [7, 11) is 3.46. The summed E-state index contributed by atoms with van der Waals surface area (Å²) in [5, 5.41) is 3.88. The first-order chi connectivity index (χ1) is 4.54. The van der Waals surface area contributed by atoms with E-state index in [0.717, 1.165) is 0 Å². The summed E-state index contributed by atoms with van der Waals surface area (Å²) in [6.07, 6.45) is 1.33. The Morgan fingerprint density at radius 3 is 2.50 bits per heavy atom. The Morgan fingerprint density at radius 1 is 1.70 bits per heavy atom. The van der Waals surface area contributed by atoms with E-state index in [1.807, 2.05) is 0 Å². The molecule has 1 rings (SSSR count). The highest BCUT2D eigenvalue weighted by molar-refractivity contribution is 6.35. The minimum Gasteiger partial charge on any atom is -0.359 e. The lowest BCUT2D eigenvalue weighted by atomic mass is 10.5. The van der Waals surface area contributed by atoms with Gasteiger partial charge in [0.15, 0.2) is 6.34 Å². The summed E-state index contributed by atoms with van der Waals surface area (Å²) in [4.78, 5) is 14.3. The summed E-state index contributed by atoms with van der Waals surface area (Å²) in [5.74, 6) is -0.262. The predicted octanol–water partition coefficient (Wildman–Crippen LogP) is -1.10. The van der Waals surface area contributed by atoms with E-state index < -0.39 is 5.91 Å². The summed E-state index contributed by atoms with van der Waals surface area (Å²) in [5.41, 5.74) is 5.01. The van der Waals surface area contributed by atoms with E-state index in [2.05, 4.69) is 10.1 Å². The fourth-order valence-electron chi connectivity index (χ4n) is 0.739. The van der Waals surface area contributed by atoms with Crippen LogP contribution in [0.2, 0.25) is 0 Å². The summed E-state index contributed by atoms with van der Waals surface area (Å²) in [6, 6.07) is 0. The second kappa shape index (κ2) is 1.88. The minimum atomic E-state index is -0.525. The molecule has 0 unspecified atom stereocenters. The molecule has 1 amide bonds. The van der Waals surface area contributed by atoms with Crippen molar-refractivity contribution in [1.29, 1.82) is 0 Å². The molecule has 0 aromatic carbocycles. The molecule has 54 valence electrons. The number of carbonyl (C=O) groups excluding carboxylic acids is 1. The van der Waals surface area contributed by atoms with E-state index in [4.69, 9.17) is 5.73 Å². The number of hydrogen-bond donors (Lipinski definition) is 1. The van der Waals surface area contributed by atoms with Crippen LogP contribution in [0.15, 0.2) is 10.1 Å². The van der Waals surface area contributed by atoms with Crippen LogP contribution in [0.5, 0.6) is 0 Å². The minimum absolute atomic E-state index is 0.0926. The van der Waals surface area contributed by atoms with E-state index in [-0.39, 0.29) is 10.4 Å². The largest absolute Gasteiger partial charge is 0.359 e. The standard InChI is InChI=1S/C5H8N4O/c1-9(2)5(4(6)10)7-3-8-9/h3H,1-2H3,(H-,6,10)/p+1. The molecule has 0 aromatic heterocycles. The van der Waals surface area contributed by atoms with Crippen molar-refractivity contribution in [3.05, 3.63) is 0 Å². The molecular formula is C5H9N4O+. The van der Waals surface area contributed by atoms with Gasteiger partial charge >= 0.3 is 11.7 Å². The molecule has 0 atom stereocenters. The normalized spacial score (nSPS) is 20.8. The van der Waals surface area contributed by atoms with Gasteiger partial charge in [-0.05, 0) is 0 Å². The molecule has 1 aliphatic rings. The number of likely N-dealkylation sites (N-methyl/N-ethyl adjacent to an activating group) is 1. The van der Waals surface area contributed by atoms with E-state index >= 15 is 0 Å². The van der Waals surface area contributed by atoms with E-state index in [1.54, 1.807) is 14.1 Å².